The van der Waals surface area contributed by atoms with Gasteiger partial charge in [-0.25, -0.2) is 0 Å². The van der Waals surface area contributed by atoms with Gasteiger partial charge in [0.25, 0.3) is 0 Å². The van der Waals surface area contributed by atoms with Gasteiger partial charge in [-0.1, -0.05) is 42.5 Å². The van der Waals surface area contributed by atoms with Gasteiger partial charge in [-0.2, -0.15) is 18.4 Å². The molecule has 1 fully saturated rings. The standard InChI is InChI=1S/C27H26F3N3O/c1-26(2)25(24-9-4-3-8-23(24)20-12-10-19(15-31)11-13-20)16-32-17-34-18-33(26)22-7-5-6-21(14-22)27(28,29)30/h3-14,25,32H,16-18H2,1-2H3. The lowest BCUT2D eigenvalue weighted by molar-refractivity contribution is -0.137. The predicted octanol–water partition coefficient (Wildman–Crippen LogP) is 6.15. The van der Waals surface area contributed by atoms with Gasteiger partial charge in [0.15, 0.2) is 0 Å². The van der Waals surface area contributed by atoms with Gasteiger partial charge in [0.1, 0.15) is 6.73 Å². The van der Waals surface area contributed by atoms with Crippen LogP contribution in [0, 0.1) is 11.3 Å². The largest absolute Gasteiger partial charge is 0.416 e. The summed E-state index contributed by atoms with van der Waals surface area (Å²) in [4.78, 5) is 1.91. The molecule has 1 heterocycles. The Hall–Kier alpha value is -3.34. The van der Waals surface area contributed by atoms with E-state index in [4.69, 9.17) is 10.00 Å². The highest BCUT2D eigenvalue weighted by Gasteiger charge is 2.40. The molecule has 1 N–H and O–H groups in total. The molecule has 4 nitrogen and oxygen atoms in total. The first-order chi connectivity index (χ1) is 16.2. The minimum absolute atomic E-state index is 0.0715. The number of rotatable bonds is 3. The molecule has 0 saturated carbocycles. The van der Waals surface area contributed by atoms with Crippen LogP contribution in [0.3, 0.4) is 0 Å². The first kappa shape index (κ1) is 23.8. The minimum Gasteiger partial charge on any atom is -0.346 e. The van der Waals surface area contributed by atoms with Gasteiger partial charge < -0.3 is 9.64 Å². The molecule has 0 bridgehead atoms. The highest BCUT2D eigenvalue weighted by atomic mass is 19.4. The van der Waals surface area contributed by atoms with Crippen LogP contribution in [0.4, 0.5) is 18.9 Å². The molecule has 1 aliphatic rings. The molecule has 0 amide bonds. The number of alkyl halides is 3. The van der Waals surface area contributed by atoms with E-state index in [1.165, 1.54) is 12.1 Å². The highest BCUT2D eigenvalue weighted by molar-refractivity contribution is 5.69. The van der Waals surface area contributed by atoms with Crippen molar-refractivity contribution < 1.29 is 17.9 Å². The number of nitriles is 1. The zero-order valence-electron chi connectivity index (χ0n) is 19.1. The molecule has 34 heavy (non-hydrogen) atoms. The smallest absolute Gasteiger partial charge is 0.346 e. The fraction of sp³-hybridized carbons (Fsp3) is 0.296. The van der Waals surface area contributed by atoms with Crippen molar-refractivity contribution in [3.05, 3.63) is 89.5 Å². The maximum absolute atomic E-state index is 13.4. The van der Waals surface area contributed by atoms with Crippen molar-refractivity contribution in [2.75, 3.05) is 24.9 Å². The van der Waals surface area contributed by atoms with E-state index in [9.17, 15) is 13.2 Å². The van der Waals surface area contributed by atoms with Crippen LogP contribution in [0.15, 0.2) is 72.8 Å². The Morgan fingerprint density at radius 3 is 2.47 bits per heavy atom. The Morgan fingerprint density at radius 1 is 1.03 bits per heavy atom. The number of nitrogens with zero attached hydrogens (tertiary/aromatic N) is 2. The average Bonchev–Trinajstić information content (AvgIpc) is 2.82. The monoisotopic (exact) mass is 465 g/mol. The maximum atomic E-state index is 13.4. The molecule has 3 aromatic rings. The fourth-order valence-corrected chi connectivity index (χ4v) is 4.55. The molecule has 176 valence electrons. The lowest BCUT2D eigenvalue weighted by Crippen LogP contribution is -2.54. The molecular formula is C27H26F3N3O. The van der Waals surface area contributed by atoms with E-state index < -0.39 is 17.3 Å². The van der Waals surface area contributed by atoms with E-state index in [1.807, 2.05) is 49.1 Å². The van der Waals surface area contributed by atoms with Gasteiger partial charge in [-0.15, -0.1) is 0 Å². The van der Waals surface area contributed by atoms with Crippen LogP contribution in [0.5, 0.6) is 0 Å². The predicted molar refractivity (Wildman–Crippen MR) is 126 cm³/mol. The summed E-state index contributed by atoms with van der Waals surface area (Å²) in [5, 5.41) is 12.5. The topological polar surface area (TPSA) is 48.3 Å². The SMILES string of the molecule is CC1(C)C(c2ccccc2-c2ccc(C#N)cc2)CNCOCN1c1cccc(C(F)(F)F)c1. The summed E-state index contributed by atoms with van der Waals surface area (Å²) in [6.07, 6.45) is -4.42. The van der Waals surface area contributed by atoms with Crippen LogP contribution in [0.25, 0.3) is 11.1 Å². The summed E-state index contributed by atoms with van der Waals surface area (Å²) in [6.45, 7) is 5.08. The first-order valence-electron chi connectivity index (χ1n) is 11.0. The zero-order chi connectivity index (χ0) is 24.3. The molecule has 1 saturated heterocycles. The van der Waals surface area contributed by atoms with Crippen LogP contribution in [0.1, 0.15) is 36.5 Å². The van der Waals surface area contributed by atoms with E-state index >= 15 is 0 Å². The fourth-order valence-electron chi connectivity index (χ4n) is 4.55. The Labute approximate surface area is 197 Å². The molecule has 0 radical (unpaired) electrons. The maximum Gasteiger partial charge on any atom is 0.416 e. The molecule has 1 atom stereocenters. The van der Waals surface area contributed by atoms with Crippen LogP contribution < -0.4 is 10.2 Å². The van der Waals surface area contributed by atoms with Crippen molar-refractivity contribution in [1.29, 1.82) is 5.26 Å². The molecule has 0 spiro atoms. The summed E-state index contributed by atoms with van der Waals surface area (Å²) in [6, 6.07) is 23.0. The van der Waals surface area contributed by atoms with Crippen molar-refractivity contribution in [2.45, 2.75) is 31.5 Å². The van der Waals surface area contributed by atoms with Crippen LogP contribution in [-0.2, 0) is 10.9 Å². The van der Waals surface area contributed by atoms with Gasteiger partial charge in [0.2, 0.25) is 0 Å². The van der Waals surface area contributed by atoms with E-state index in [2.05, 4.69) is 17.5 Å². The van der Waals surface area contributed by atoms with Crippen molar-refractivity contribution in [1.82, 2.24) is 5.32 Å². The van der Waals surface area contributed by atoms with Crippen molar-refractivity contribution in [3.63, 3.8) is 0 Å². The molecule has 7 heteroatoms. The van der Waals surface area contributed by atoms with Gasteiger partial charge >= 0.3 is 6.18 Å². The van der Waals surface area contributed by atoms with Crippen LogP contribution in [-0.4, -0.2) is 25.5 Å². The lowest BCUT2D eigenvalue weighted by atomic mass is 9.77. The third-order valence-electron chi connectivity index (χ3n) is 6.47. The quantitative estimate of drug-likeness (QED) is 0.504. The van der Waals surface area contributed by atoms with Gasteiger partial charge in [0.05, 0.1) is 23.9 Å². The van der Waals surface area contributed by atoms with Gasteiger partial charge in [-0.05, 0) is 60.9 Å². The second-order valence-corrected chi connectivity index (χ2v) is 8.89. The zero-order valence-corrected chi connectivity index (χ0v) is 19.1. The second kappa shape index (κ2) is 9.49. The summed E-state index contributed by atoms with van der Waals surface area (Å²) in [7, 11) is 0. The summed E-state index contributed by atoms with van der Waals surface area (Å²) in [5.74, 6) is -0.0715. The Kier molecular flexibility index (Phi) is 6.65. The number of hydrogen-bond donors (Lipinski definition) is 1. The average molecular weight is 466 g/mol. The molecule has 0 aromatic heterocycles. The Bertz CT molecular complexity index is 1180. The molecule has 4 rings (SSSR count). The number of benzene rings is 3. The van der Waals surface area contributed by atoms with Gasteiger partial charge in [0, 0.05) is 23.7 Å². The number of nitrogens with one attached hydrogen (secondary N) is 1. The van der Waals surface area contributed by atoms with E-state index in [0.717, 1.165) is 22.8 Å². The van der Waals surface area contributed by atoms with Crippen LogP contribution in [0.2, 0.25) is 0 Å². The number of ether oxygens (including phenoxy) is 1. The molecule has 0 aliphatic carbocycles. The summed E-state index contributed by atoms with van der Waals surface area (Å²) in [5.41, 5.74) is 2.84. The van der Waals surface area contributed by atoms with Crippen molar-refractivity contribution in [2.24, 2.45) is 0 Å². The third-order valence-corrected chi connectivity index (χ3v) is 6.47. The summed E-state index contributed by atoms with van der Waals surface area (Å²) >= 11 is 0. The third kappa shape index (κ3) is 4.79. The first-order valence-corrected chi connectivity index (χ1v) is 11.0. The van der Waals surface area contributed by atoms with E-state index in [0.29, 0.717) is 24.5 Å². The van der Waals surface area contributed by atoms with Crippen molar-refractivity contribution >= 4 is 5.69 Å². The normalized spacial score (nSPS) is 18.6. The number of hydrogen-bond acceptors (Lipinski definition) is 4. The van der Waals surface area contributed by atoms with E-state index in [1.54, 1.807) is 18.2 Å². The molecule has 1 unspecified atom stereocenters. The minimum atomic E-state index is -4.42. The number of anilines is 1. The summed E-state index contributed by atoms with van der Waals surface area (Å²) < 4.78 is 46.0. The number of halogens is 3. The highest BCUT2D eigenvalue weighted by Crippen LogP contribution is 2.41. The van der Waals surface area contributed by atoms with Gasteiger partial charge in [-0.3, -0.25) is 5.32 Å². The Morgan fingerprint density at radius 2 is 1.76 bits per heavy atom. The molecular weight excluding hydrogens is 439 g/mol. The second-order valence-electron chi connectivity index (χ2n) is 8.89. The van der Waals surface area contributed by atoms with Crippen LogP contribution >= 0.6 is 0 Å². The Balaban J connectivity index is 1.79. The molecule has 1 aliphatic heterocycles. The lowest BCUT2D eigenvalue weighted by Gasteiger charge is -2.47. The van der Waals surface area contributed by atoms with Crippen molar-refractivity contribution in [3.8, 4) is 17.2 Å². The van der Waals surface area contributed by atoms with E-state index in [-0.39, 0.29) is 12.6 Å². The molecule has 3 aromatic carbocycles.